The summed E-state index contributed by atoms with van der Waals surface area (Å²) in [5.74, 6) is 0.0952. The molecule has 4 N–H and O–H groups in total. The highest BCUT2D eigenvalue weighted by molar-refractivity contribution is 7.89. The number of hydrogen-bond acceptors (Lipinski definition) is 5. The van der Waals surface area contributed by atoms with Crippen LogP contribution in [-0.2, 0) is 21.4 Å². The van der Waals surface area contributed by atoms with Crippen LogP contribution in [0.2, 0.25) is 5.02 Å². The maximum atomic E-state index is 13.0. The minimum Gasteiger partial charge on any atom is -0.495 e. The van der Waals surface area contributed by atoms with E-state index in [2.05, 4.69) is 4.72 Å². The van der Waals surface area contributed by atoms with Crippen LogP contribution in [0.3, 0.4) is 0 Å². The van der Waals surface area contributed by atoms with Gasteiger partial charge in [0.1, 0.15) is 17.6 Å². The van der Waals surface area contributed by atoms with Crippen molar-refractivity contribution >= 4 is 44.1 Å². The molecular weight excluding hydrogens is 464 g/mol. The van der Waals surface area contributed by atoms with Crippen molar-refractivity contribution in [2.75, 3.05) is 13.7 Å². The van der Waals surface area contributed by atoms with E-state index in [0.717, 1.165) is 10.9 Å². The summed E-state index contributed by atoms with van der Waals surface area (Å²) in [7, 11) is -2.47. The van der Waals surface area contributed by atoms with Gasteiger partial charge in [-0.15, -0.1) is 0 Å². The van der Waals surface area contributed by atoms with Gasteiger partial charge < -0.3 is 15.4 Å². The van der Waals surface area contributed by atoms with E-state index < -0.39 is 16.1 Å². The van der Waals surface area contributed by atoms with Gasteiger partial charge in [0.05, 0.1) is 17.0 Å². The van der Waals surface area contributed by atoms with Crippen molar-refractivity contribution in [1.29, 1.82) is 5.41 Å². The second-order valence-electron chi connectivity index (χ2n) is 7.80. The first kappa shape index (κ1) is 23.0. The molecular formula is C23H23ClN4O4S. The molecule has 0 aliphatic carbocycles. The number of amidine groups is 1. The third-order valence-corrected chi connectivity index (χ3v) is 7.49. The van der Waals surface area contributed by atoms with Gasteiger partial charge in [-0.05, 0) is 41.6 Å². The lowest BCUT2D eigenvalue weighted by molar-refractivity contribution is -0.129. The molecule has 1 atom stereocenters. The zero-order chi connectivity index (χ0) is 23.8. The Hall–Kier alpha value is -3.14. The number of nitrogens with one attached hydrogen (secondary N) is 2. The Labute approximate surface area is 196 Å². The van der Waals surface area contributed by atoms with Crippen molar-refractivity contribution in [2.24, 2.45) is 5.73 Å². The lowest BCUT2D eigenvalue weighted by Gasteiger charge is -2.18. The molecule has 0 unspecified atom stereocenters. The van der Waals surface area contributed by atoms with E-state index in [4.69, 9.17) is 27.5 Å². The smallest absolute Gasteiger partial charge is 0.241 e. The van der Waals surface area contributed by atoms with Gasteiger partial charge in [-0.1, -0.05) is 41.9 Å². The summed E-state index contributed by atoms with van der Waals surface area (Å²) in [6.07, 6.45) is 0.354. The molecule has 0 bridgehead atoms. The van der Waals surface area contributed by atoms with Crippen molar-refractivity contribution in [3.63, 3.8) is 0 Å². The first-order chi connectivity index (χ1) is 15.7. The molecule has 3 aromatic carbocycles. The monoisotopic (exact) mass is 486 g/mol. The van der Waals surface area contributed by atoms with Gasteiger partial charge in [-0.2, -0.15) is 4.72 Å². The zero-order valence-corrected chi connectivity index (χ0v) is 19.4. The number of carbonyl (C=O) groups excluding carboxylic acids is 1. The fraction of sp³-hybridized carbons (Fsp3) is 0.217. The number of hydrogen-bond donors (Lipinski definition) is 3. The number of methoxy groups -OCH3 is 1. The molecule has 33 heavy (non-hydrogen) atoms. The Morgan fingerprint density at radius 3 is 2.73 bits per heavy atom. The largest absolute Gasteiger partial charge is 0.495 e. The van der Waals surface area contributed by atoms with E-state index in [-0.39, 0.29) is 16.6 Å². The van der Waals surface area contributed by atoms with Crippen LogP contribution in [0, 0.1) is 5.41 Å². The van der Waals surface area contributed by atoms with Crippen molar-refractivity contribution in [3.05, 3.63) is 70.7 Å². The summed E-state index contributed by atoms with van der Waals surface area (Å²) in [6.45, 7) is 0.723. The average Bonchev–Trinajstić information content (AvgIpc) is 3.12. The van der Waals surface area contributed by atoms with Gasteiger partial charge in [0.25, 0.3) is 0 Å². The van der Waals surface area contributed by atoms with Crippen molar-refractivity contribution in [3.8, 4) is 5.75 Å². The second kappa shape index (κ2) is 9.01. The number of ether oxygens (including phenoxy) is 1. The molecule has 1 heterocycles. The molecule has 1 aliphatic heterocycles. The fourth-order valence-electron chi connectivity index (χ4n) is 3.89. The highest BCUT2D eigenvalue weighted by Gasteiger charge is 2.35. The Balaban J connectivity index is 1.52. The number of halogens is 1. The zero-order valence-electron chi connectivity index (χ0n) is 17.8. The molecule has 172 valence electrons. The SMILES string of the molecule is COc1ccc2ccc(S(=O)(=O)N[C@H]3CCN(Cc4cccc(C(=N)N)c4)C3=O)cc2c1Cl. The van der Waals surface area contributed by atoms with E-state index in [0.29, 0.717) is 41.2 Å². The molecule has 4 rings (SSSR count). The fourth-order valence-corrected chi connectivity index (χ4v) is 5.44. The summed E-state index contributed by atoms with van der Waals surface area (Å²) < 4.78 is 33.8. The number of likely N-dealkylation sites (tertiary alicyclic amines) is 1. The molecule has 0 spiro atoms. The molecule has 1 fully saturated rings. The van der Waals surface area contributed by atoms with E-state index >= 15 is 0 Å². The van der Waals surface area contributed by atoms with Crippen molar-refractivity contribution in [1.82, 2.24) is 9.62 Å². The minimum atomic E-state index is -3.96. The van der Waals surface area contributed by atoms with Crippen LogP contribution in [0.15, 0.2) is 59.5 Å². The van der Waals surface area contributed by atoms with E-state index in [1.807, 2.05) is 6.07 Å². The van der Waals surface area contributed by atoms with Gasteiger partial charge in [-0.3, -0.25) is 10.2 Å². The predicted octanol–water partition coefficient (Wildman–Crippen LogP) is 2.87. The normalized spacial score (nSPS) is 16.4. The lowest BCUT2D eigenvalue weighted by Crippen LogP contribution is -2.41. The number of sulfonamides is 1. The molecule has 1 amide bonds. The van der Waals surface area contributed by atoms with Crippen LogP contribution in [-0.4, -0.2) is 44.8 Å². The maximum Gasteiger partial charge on any atom is 0.241 e. The molecule has 10 heteroatoms. The van der Waals surface area contributed by atoms with Crippen LogP contribution < -0.4 is 15.2 Å². The highest BCUT2D eigenvalue weighted by Crippen LogP contribution is 2.34. The number of benzene rings is 3. The lowest BCUT2D eigenvalue weighted by atomic mass is 10.1. The molecule has 0 saturated carbocycles. The standard InChI is InChI=1S/C23H23ClN4O4S/c1-32-20-8-6-15-5-7-17(12-18(15)21(20)24)33(30,31)27-19-9-10-28(23(19)29)13-14-3-2-4-16(11-14)22(25)26/h2-8,11-12,19,27H,9-10,13H2,1H3,(H3,25,26)/t19-/m0/s1. The average molecular weight is 487 g/mol. The van der Waals surface area contributed by atoms with Gasteiger partial charge in [-0.25, -0.2) is 8.42 Å². The molecule has 3 aromatic rings. The number of amides is 1. The Morgan fingerprint density at radius 1 is 1.24 bits per heavy atom. The molecule has 1 saturated heterocycles. The summed E-state index contributed by atoms with van der Waals surface area (Å²) >= 11 is 6.36. The van der Waals surface area contributed by atoms with Crippen LogP contribution in [0.1, 0.15) is 17.5 Å². The Morgan fingerprint density at radius 2 is 2.00 bits per heavy atom. The molecule has 1 aliphatic rings. The van der Waals surface area contributed by atoms with Crippen molar-refractivity contribution < 1.29 is 17.9 Å². The summed E-state index contributed by atoms with van der Waals surface area (Å²) in [6, 6.07) is 14.4. The predicted molar refractivity (Wildman–Crippen MR) is 127 cm³/mol. The van der Waals surface area contributed by atoms with Crippen LogP contribution >= 0.6 is 11.6 Å². The number of carbonyl (C=O) groups is 1. The Kier molecular flexibility index (Phi) is 6.29. The molecule has 8 nitrogen and oxygen atoms in total. The van der Waals surface area contributed by atoms with Crippen LogP contribution in [0.5, 0.6) is 5.75 Å². The van der Waals surface area contributed by atoms with Gasteiger partial charge in [0.2, 0.25) is 15.9 Å². The minimum absolute atomic E-state index is 0.0190. The maximum absolute atomic E-state index is 13.0. The van der Waals surface area contributed by atoms with Crippen LogP contribution in [0.4, 0.5) is 0 Å². The third kappa shape index (κ3) is 4.66. The number of fused-ring (bicyclic) bond motifs is 1. The van der Waals surface area contributed by atoms with E-state index in [1.165, 1.54) is 19.2 Å². The van der Waals surface area contributed by atoms with E-state index in [1.54, 1.807) is 41.3 Å². The number of nitrogens with zero attached hydrogens (tertiary/aromatic N) is 1. The number of nitrogens with two attached hydrogens (primary N) is 1. The second-order valence-corrected chi connectivity index (χ2v) is 9.89. The van der Waals surface area contributed by atoms with Gasteiger partial charge >= 0.3 is 0 Å². The molecule has 0 radical (unpaired) electrons. The summed E-state index contributed by atoms with van der Waals surface area (Å²) in [4.78, 5) is 14.5. The van der Waals surface area contributed by atoms with Gasteiger partial charge in [0, 0.05) is 24.0 Å². The van der Waals surface area contributed by atoms with Gasteiger partial charge in [0.15, 0.2) is 0 Å². The summed E-state index contributed by atoms with van der Waals surface area (Å²) in [5.41, 5.74) is 6.93. The van der Waals surface area contributed by atoms with Crippen LogP contribution in [0.25, 0.3) is 10.8 Å². The summed E-state index contributed by atoms with van der Waals surface area (Å²) in [5, 5.41) is 9.20. The molecule has 0 aromatic heterocycles. The highest BCUT2D eigenvalue weighted by atomic mass is 35.5. The topological polar surface area (TPSA) is 126 Å². The first-order valence-electron chi connectivity index (χ1n) is 10.2. The van der Waals surface area contributed by atoms with Crippen molar-refractivity contribution in [2.45, 2.75) is 23.9 Å². The number of rotatable bonds is 7. The quantitative estimate of drug-likeness (QED) is 0.349. The Bertz CT molecular complexity index is 1360. The first-order valence-corrected chi connectivity index (χ1v) is 12.1. The third-order valence-electron chi connectivity index (χ3n) is 5.63. The van der Waals surface area contributed by atoms with E-state index in [9.17, 15) is 13.2 Å². The number of nitrogen functional groups attached to an aromatic ring is 1.